The Morgan fingerprint density at radius 2 is 0.525 bits per heavy atom. The Kier molecular flexibility index (Phi) is 50.3. The van der Waals surface area contributed by atoms with E-state index in [0.717, 1.165) is 32.1 Å². The van der Waals surface area contributed by atoms with E-state index in [0.29, 0.717) is 12.8 Å². The Morgan fingerprint density at radius 3 is 0.746 bits per heavy atom. The number of aliphatic hydroxyl groups excluding tert-OH is 1. The zero-order chi connectivity index (χ0) is 42.8. The summed E-state index contributed by atoms with van der Waals surface area (Å²) < 4.78 is 10.7. The molecule has 0 spiro atoms. The zero-order valence-electron chi connectivity index (χ0n) is 40.3. The summed E-state index contributed by atoms with van der Waals surface area (Å²) in [6.07, 6.45) is 61.0. The minimum Gasteiger partial charge on any atom is -0.462 e. The number of carbonyl (C=O) groups excluding carboxylic acids is 2. The lowest BCUT2D eigenvalue weighted by atomic mass is 10.0. The van der Waals surface area contributed by atoms with E-state index in [1.54, 1.807) is 0 Å². The van der Waals surface area contributed by atoms with Crippen LogP contribution >= 0.6 is 0 Å². The molecule has 1 N–H and O–H groups in total. The van der Waals surface area contributed by atoms with E-state index in [4.69, 9.17) is 9.47 Å². The normalized spacial score (nSPS) is 12.0. The summed E-state index contributed by atoms with van der Waals surface area (Å²) in [5.41, 5.74) is 0. The lowest BCUT2D eigenvalue weighted by Gasteiger charge is -2.15. The Hall–Kier alpha value is -1.10. The molecule has 0 amide bonds. The van der Waals surface area contributed by atoms with Crippen LogP contribution in [0.25, 0.3) is 0 Å². The Balaban J connectivity index is 3.33. The molecule has 0 aliphatic rings. The van der Waals surface area contributed by atoms with Gasteiger partial charge in [-0.25, -0.2) is 0 Å². The maximum atomic E-state index is 12.2. The fourth-order valence-corrected chi connectivity index (χ4v) is 8.56. The monoisotopic (exact) mass is 835 g/mol. The lowest BCUT2D eigenvalue weighted by Crippen LogP contribution is -2.28. The molecule has 0 saturated carbocycles. The molecule has 0 aliphatic carbocycles. The largest absolute Gasteiger partial charge is 0.462 e. The number of ether oxygens (including phenoxy) is 2. The van der Waals surface area contributed by atoms with Crippen LogP contribution in [0.4, 0.5) is 0 Å². The number of hydrogen-bond acceptors (Lipinski definition) is 5. The van der Waals surface area contributed by atoms with E-state index in [1.807, 2.05) is 0 Å². The molecule has 1 atom stereocenters. The fraction of sp³-hybridized carbons (Fsp3) is 0.963. The van der Waals surface area contributed by atoms with Gasteiger partial charge < -0.3 is 14.6 Å². The highest BCUT2D eigenvalue weighted by Crippen LogP contribution is 2.18. The van der Waals surface area contributed by atoms with Gasteiger partial charge >= 0.3 is 11.9 Å². The summed E-state index contributed by atoms with van der Waals surface area (Å²) in [7, 11) is 0. The van der Waals surface area contributed by atoms with Gasteiger partial charge in [0, 0.05) is 12.8 Å². The first-order valence-electron chi connectivity index (χ1n) is 27.1. The third-order valence-electron chi connectivity index (χ3n) is 12.7. The summed E-state index contributed by atoms with van der Waals surface area (Å²) in [6.45, 7) is 4.18. The van der Waals surface area contributed by atoms with Crippen molar-refractivity contribution in [3.63, 3.8) is 0 Å². The lowest BCUT2D eigenvalue weighted by molar-refractivity contribution is -0.161. The Morgan fingerprint density at radius 1 is 0.322 bits per heavy atom. The van der Waals surface area contributed by atoms with Gasteiger partial charge in [-0.2, -0.15) is 0 Å². The number of carbonyl (C=O) groups is 2. The van der Waals surface area contributed by atoms with Gasteiger partial charge in [-0.1, -0.05) is 290 Å². The molecular formula is C54H106O5. The van der Waals surface area contributed by atoms with E-state index in [2.05, 4.69) is 13.8 Å². The van der Waals surface area contributed by atoms with Crippen LogP contribution in [-0.4, -0.2) is 36.4 Å². The van der Waals surface area contributed by atoms with Gasteiger partial charge in [0.15, 0.2) is 6.10 Å². The highest BCUT2D eigenvalue weighted by Gasteiger charge is 2.16. The third kappa shape index (κ3) is 49.4. The number of rotatable bonds is 51. The summed E-state index contributed by atoms with van der Waals surface area (Å²) in [5.74, 6) is -0.571. The van der Waals surface area contributed by atoms with Crippen LogP contribution in [0.15, 0.2) is 0 Å². The molecule has 0 fully saturated rings. The summed E-state index contributed by atoms with van der Waals surface area (Å²) in [6, 6.07) is 0. The highest BCUT2D eigenvalue weighted by atomic mass is 16.6. The minimum absolute atomic E-state index is 0.0568. The van der Waals surface area contributed by atoms with Crippen LogP contribution in [0, 0.1) is 0 Å². The quantitative estimate of drug-likeness (QED) is 0.0488. The molecule has 1 unspecified atom stereocenters. The molecular weight excluding hydrogens is 729 g/mol. The average Bonchev–Trinajstić information content (AvgIpc) is 3.24. The van der Waals surface area contributed by atoms with Crippen molar-refractivity contribution in [1.29, 1.82) is 0 Å². The minimum atomic E-state index is -0.762. The van der Waals surface area contributed by atoms with E-state index in [-0.39, 0.29) is 25.2 Å². The van der Waals surface area contributed by atoms with Crippen molar-refractivity contribution in [2.75, 3.05) is 13.2 Å². The van der Waals surface area contributed by atoms with Crippen molar-refractivity contribution in [2.45, 2.75) is 322 Å². The molecule has 352 valence electrons. The highest BCUT2D eigenvalue weighted by molar-refractivity contribution is 5.70. The van der Waals surface area contributed by atoms with Gasteiger partial charge in [0.05, 0.1) is 6.61 Å². The van der Waals surface area contributed by atoms with E-state index >= 15 is 0 Å². The predicted molar refractivity (Wildman–Crippen MR) is 256 cm³/mol. The van der Waals surface area contributed by atoms with Crippen LogP contribution < -0.4 is 0 Å². The predicted octanol–water partition coefficient (Wildman–Crippen LogP) is 17.8. The SMILES string of the molecule is CCCCCCCCCCCCCCCCCCCCCCCCCCCCCCCCCCCCC(=O)OC(CO)COC(=O)CCCCCCCCCCCCC. The standard InChI is InChI=1S/C54H106O5/c1-3-5-7-9-11-13-15-16-17-18-19-20-21-22-23-24-25-26-27-28-29-30-31-32-33-34-35-36-37-39-41-43-45-47-49-54(57)59-52(50-55)51-58-53(56)48-46-44-42-40-38-14-12-10-8-6-4-2/h52,55H,3-51H2,1-2H3. The molecule has 0 rings (SSSR count). The van der Waals surface area contributed by atoms with Gasteiger partial charge in [-0.05, 0) is 12.8 Å². The molecule has 59 heavy (non-hydrogen) atoms. The summed E-state index contributed by atoms with van der Waals surface area (Å²) in [5, 5.41) is 9.59. The molecule has 0 radical (unpaired) electrons. The van der Waals surface area contributed by atoms with Crippen LogP contribution in [0.2, 0.25) is 0 Å². The molecule has 5 nitrogen and oxygen atoms in total. The molecule has 0 aromatic heterocycles. The first kappa shape index (κ1) is 57.9. The van der Waals surface area contributed by atoms with E-state index in [1.165, 1.54) is 257 Å². The molecule has 0 aromatic rings. The van der Waals surface area contributed by atoms with Crippen LogP contribution in [0.1, 0.15) is 316 Å². The second kappa shape index (κ2) is 51.3. The molecule has 0 aromatic carbocycles. The van der Waals surface area contributed by atoms with E-state index < -0.39 is 6.10 Å². The maximum absolute atomic E-state index is 12.2. The van der Waals surface area contributed by atoms with Crippen molar-refractivity contribution in [3.8, 4) is 0 Å². The van der Waals surface area contributed by atoms with Gasteiger partial charge in [-0.3, -0.25) is 9.59 Å². The third-order valence-corrected chi connectivity index (χ3v) is 12.7. The van der Waals surface area contributed by atoms with Crippen molar-refractivity contribution in [1.82, 2.24) is 0 Å². The topological polar surface area (TPSA) is 72.8 Å². The van der Waals surface area contributed by atoms with Crippen LogP contribution in [0.3, 0.4) is 0 Å². The Bertz CT molecular complexity index is 815. The number of esters is 2. The molecule has 5 heteroatoms. The van der Waals surface area contributed by atoms with E-state index in [9.17, 15) is 14.7 Å². The second-order valence-electron chi connectivity index (χ2n) is 18.7. The van der Waals surface area contributed by atoms with Crippen molar-refractivity contribution < 1.29 is 24.2 Å². The first-order chi connectivity index (χ1) is 29.1. The molecule has 0 heterocycles. The number of aliphatic hydroxyl groups is 1. The van der Waals surface area contributed by atoms with Crippen molar-refractivity contribution in [2.24, 2.45) is 0 Å². The van der Waals surface area contributed by atoms with Crippen molar-refractivity contribution in [3.05, 3.63) is 0 Å². The van der Waals surface area contributed by atoms with Gasteiger partial charge in [0.25, 0.3) is 0 Å². The smallest absolute Gasteiger partial charge is 0.306 e. The first-order valence-corrected chi connectivity index (χ1v) is 27.1. The number of hydrogen-bond donors (Lipinski definition) is 1. The summed E-state index contributed by atoms with van der Waals surface area (Å²) >= 11 is 0. The fourth-order valence-electron chi connectivity index (χ4n) is 8.56. The van der Waals surface area contributed by atoms with Gasteiger partial charge in [0.2, 0.25) is 0 Å². The second-order valence-corrected chi connectivity index (χ2v) is 18.7. The average molecular weight is 835 g/mol. The number of unbranched alkanes of at least 4 members (excludes halogenated alkanes) is 43. The zero-order valence-corrected chi connectivity index (χ0v) is 40.3. The van der Waals surface area contributed by atoms with Crippen molar-refractivity contribution >= 4 is 11.9 Å². The van der Waals surface area contributed by atoms with Gasteiger partial charge in [-0.15, -0.1) is 0 Å². The Labute approximate surface area is 369 Å². The molecule has 0 saturated heterocycles. The maximum Gasteiger partial charge on any atom is 0.306 e. The molecule has 0 bridgehead atoms. The van der Waals surface area contributed by atoms with Crippen LogP contribution in [-0.2, 0) is 19.1 Å². The summed E-state index contributed by atoms with van der Waals surface area (Å²) in [4.78, 5) is 24.3. The van der Waals surface area contributed by atoms with Crippen LogP contribution in [0.5, 0.6) is 0 Å². The molecule has 0 aliphatic heterocycles. The van der Waals surface area contributed by atoms with Gasteiger partial charge in [0.1, 0.15) is 6.61 Å².